The minimum Gasteiger partial charge on any atom is -0.392 e. The van der Waals surface area contributed by atoms with E-state index in [1.165, 1.54) is 0 Å². The second kappa shape index (κ2) is 7.29. The summed E-state index contributed by atoms with van der Waals surface area (Å²) in [6.07, 6.45) is 1.60. The van der Waals surface area contributed by atoms with Crippen LogP contribution < -0.4 is 5.32 Å². The fourth-order valence-electron chi connectivity index (χ4n) is 0.904. The first-order chi connectivity index (χ1) is 6.77. The van der Waals surface area contributed by atoms with Gasteiger partial charge in [0.15, 0.2) is 0 Å². The molecular formula is C10H13BrN2O. The molecule has 1 aromatic rings. The summed E-state index contributed by atoms with van der Waals surface area (Å²) >= 11 is 3.33. The van der Waals surface area contributed by atoms with Gasteiger partial charge >= 0.3 is 0 Å². The van der Waals surface area contributed by atoms with E-state index in [2.05, 4.69) is 34.5 Å². The van der Waals surface area contributed by atoms with Gasteiger partial charge < -0.3 is 15.8 Å². The Bertz CT molecular complexity index is 302. The Labute approximate surface area is 92.1 Å². The summed E-state index contributed by atoms with van der Waals surface area (Å²) in [5, 5.41) is 17.4. The number of nitrogens with one attached hydrogen (secondary N) is 2. The predicted octanol–water partition coefficient (Wildman–Crippen LogP) is 2.76. The van der Waals surface area contributed by atoms with Crippen molar-refractivity contribution in [3.05, 3.63) is 41.0 Å². The molecule has 0 radical (unpaired) electrons. The number of aliphatic hydroxyl groups excluding tert-OH is 1. The fourth-order valence-corrected chi connectivity index (χ4v) is 1.28. The minimum absolute atomic E-state index is 0.0350. The maximum Gasteiger partial charge on any atom is 0.0693 e. The molecule has 4 heteroatoms. The normalized spacial score (nSPS) is 8.43. The van der Waals surface area contributed by atoms with E-state index in [0.717, 1.165) is 15.7 Å². The van der Waals surface area contributed by atoms with Crippen molar-refractivity contribution in [3.63, 3.8) is 0 Å². The smallest absolute Gasteiger partial charge is 0.0693 e. The molecule has 3 N–H and O–H groups in total. The predicted molar refractivity (Wildman–Crippen MR) is 63.7 cm³/mol. The van der Waals surface area contributed by atoms with Crippen molar-refractivity contribution in [2.75, 3.05) is 5.32 Å². The van der Waals surface area contributed by atoms with E-state index in [1.807, 2.05) is 18.2 Å². The Morgan fingerprint density at radius 1 is 1.50 bits per heavy atom. The Morgan fingerprint density at radius 3 is 2.64 bits per heavy atom. The van der Waals surface area contributed by atoms with Crippen molar-refractivity contribution in [3.8, 4) is 0 Å². The Kier molecular flexibility index (Phi) is 6.70. The minimum atomic E-state index is 0.0350. The van der Waals surface area contributed by atoms with E-state index >= 15 is 0 Å². The van der Waals surface area contributed by atoms with Crippen LogP contribution >= 0.6 is 15.9 Å². The van der Waals surface area contributed by atoms with Crippen LogP contribution in [0.2, 0.25) is 0 Å². The number of hydrogen-bond donors (Lipinski definition) is 3. The molecule has 0 aliphatic rings. The Morgan fingerprint density at radius 2 is 2.14 bits per heavy atom. The average Bonchev–Trinajstić information content (AvgIpc) is 2.24. The van der Waals surface area contributed by atoms with Gasteiger partial charge in [-0.15, -0.1) is 0 Å². The second-order valence-corrected chi connectivity index (χ2v) is 3.17. The van der Waals surface area contributed by atoms with Crippen molar-refractivity contribution >= 4 is 28.3 Å². The largest absolute Gasteiger partial charge is 0.392 e. The zero-order chi connectivity index (χ0) is 11.0. The van der Waals surface area contributed by atoms with Gasteiger partial charge in [0.2, 0.25) is 0 Å². The summed E-state index contributed by atoms with van der Waals surface area (Å²) in [5.74, 6) is 0. The molecule has 3 nitrogen and oxygen atoms in total. The molecule has 0 amide bonds. The molecule has 0 unspecified atom stereocenters. The van der Waals surface area contributed by atoms with Gasteiger partial charge in [-0.3, -0.25) is 0 Å². The van der Waals surface area contributed by atoms with Gasteiger partial charge in [0, 0.05) is 10.2 Å². The first-order valence-electron chi connectivity index (χ1n) is 3.90. The fraction of sp³-hybridized carbons (Fsp3) is 0.100. The van der Waals surface area contributed by atoms with E-state index in [4.69, 9.17) is 10.5 Å². The third kappa shape index (κ3) is 3.72. The number of aliphatic hydroxyl groups is 1. The first-order valence-corrected chi connectivity index (χ1v) is 4.69. The standard InChI is InChI=1S/C9H10BrNO.CH3N/c1-2-11-8-3-4-9(10)7(5-8)6-12;1-2/h2-5,11-12H,1,6H2;2H,1H2. The third-order valence-corrected chi connectivity index (χ3v) is 2.26. The molecule has 0 aliphatic carbocycles. The molecule has 1 rings (SSSR count). The molecule has 0 spiro atoms. The van der Waals surface area contributed by atoms with Crippen LogP contribution in [0.3, 0.4) is 0 Å². The molecule has 14 heavy (non-hydrogen) atoms. The first kappa shape index (κ1) is 12.9. The van der Waals surface area contributed by atoms with E-state index in [0.29, 0.717) is 0 Å². The molecule has 0 saturated carbocycles. The van der Waals surface area contributed by atoms with Crippen LogP contribution in [-0.4, -0.2) is 11.8 Å². The van der Waals surface area contributed by atoms with Crippen molar-refractivity contribution in [1.29, 1.82) is 5.41 Å². The quantitative estimate of drug-likeness (QED) is 0.729. The van der Waals surface area contributed by atoms with Gasteiger partial charge in [0.25, 0.3) is 0 Å². The van der Waals surface area contributed by atoms with Gasteiger partial charge in [-0.1, -0.05) is 22.5 Å². The van der Waals surface area contributed by atoms with Crippen molar-refractivity contribution in [2.45, 2.75) is 6.61 Å². The summed E-state index contributed by atoms with van der Waals surface area (Å²) in [5.41, 5.74) is 1.79. The lowest BCUT2D eigenvalue weighted by atomic mass is 10.2. The van der Waals surface area contributed by atoms with Gasteiger partial charge in [0.1, 0.15) is 0 Å². The summed E-state index contributed by atoms with van der Waals surface area (Å²) in [4.78, 5) is 0. The van der Waals surface area contributed by atoms with E-state index < -0.39 is 0 Å². The molecule has 0 aromatic heterocycles. The van der Waals surface area contributed by atoms with Crippen LogP contribution in [0.25, 0.3) is 0 Å². The number of benzene rings is 1. The van der Waals surface area contributed by atoms with Gasteiger partial charge in [-0.25, -0.2) is 0 Å². The second-order valence-electron chi connectivity index (χ2n) is 2.31. The zero-order valence-electron chi connectivity index (χ0n) is 7.76. The van der Waals surface area contributed by atoms with Gasteiger partial charge in [0.05, 0.1) is 6.61 Å². The summed E-state index contributed by atoms with van der Waals surface area (Å²) in [6.45, 7) is 6.08. The SMILES string of the molecule is C=CNc1ccc(Br)c(CO)c1.C=N. The maximum absolute atomic E-state index is 8.93. The zero-order valence-corrected chi connectivity index (χ0v) is 9.34. The molecular weight excluding hydrogens is 244 g/mol. The number of anilines is 1. The highest BCUT2D eigenvalue weighted by Crippen LogP contribution is 2.20. The molecule has 76 valence electrons. The molecule has 0 heterocycles. The van der Waals surface area contributed by atoms with Crippen LogP contribution in [0.4, 0.5) is 5.69 Å². The molecule has 0 aliphatic heterocycles. The lowest BCUT2D eigenvalue weighted by Crippen LogP contribution is -1.90. The van der Waals surface area contributed by atoms with E-state index in [9.17, 15) is 0 Å². The van der Waals surface area contributed by atoms with E-state index in [1.54, 1.807) is 6.20 Å². The van der Waals surface area contributed by atoms with Crippen molar-refractivity contribution < 1.29 is 5.11 Å². The maximum atomic E-state index is 8.93. The Hall–Kier alpha value is -1.13. The Balaban J connectivity index is 0.000000791. The highest BCUT2D eigenvalue weighted by Gasteiger charge is 1.98. The third-order valence-electron chi connectivity index (χ3n) is 1.48. The van der Waals surface area contributed by atoms with Crippen LogP contribution in [0.5, 0.6) is 0 Å². The van der Waals surface area contributed by atoms with Crippen molar-refractivity contribution in [1.82, 2.24) is 0 Å². The van der Waals surface area contributed by atoms with Crippen LogP contribution in [-0.2, 0) is 6.61 Å². The van der Waals surface area contributed by atoms with Crippen LogP contribution in [0.1, 0.15) is 5.56 Å². The van der Waals surface area contributed by atoms with E-state index in [-0.39, 0.29) is 6.61 Å². The van der Waals surface area contributed by atoms with Crippen LogP contribution in [0, 0.1) is 5.41 Å². The molecule has 1 aromatic carbocycles. The average molecular weight is 257 g/mol. The number of rotatable bonds is 3. The number of halogens is 1. The highest BCUT2D eigenvalue weighted by atomic mass is 79.9. The summed E-state index contributed by atoms with van der Waals surface area (Å²) < 4.78 is 0.916. The molecule has 0 bridgehead atoms. The van der Waals surface area contributed by atoms with Gasteiger partial charge in [-0.05, 0) is 36.7 Å². The molecule has 0 fully saturated rings. The monoisotopic (exact) mass is 256 g/mol. The lowest BCUT2D eigenvalue weighted by Gasteiger charge is -2.04. The summed E-state index contributed by atoms with van der Waals surface area (Å²) in [6, 6.07) is 5.66. The topological polar surface area (TPSA) is 56.1 Å². The molecule has 0 saturated heterocycles. The lowest BCUT2D eigenvalue weighted by molar-refractivity contribution is 0.281. The van der Waals surface area contributed by atoms with Crippen LogP contribution in [0.15, 0.2) is 35.5 Å². The van der Waals surface area contributed by atoms with Crippen molar-refractivity contribution in [2.24, 2.45) is 0 Å². The molecule has 0 atom stereocenters. The highest BCUT2D eigenvalue weighted by molar-refractivity contribution is 9.10. The summed E-state index contributed by atoms with van der Waals surface area (Å²) in [7, 11) is 0. The van der Waals surface area contributed by atoms with Gasteiger partial charge in [-0.2, -0.15) is 0 Å². The number of hydrogen-bond acceptors (Lipinski definition) is 3.